The molecule has 1 heterocycles. The van der Waals surface area contributed by atoms with Crippen molar-refractivity contribution in [3.63, 3.8) is 0 Å². The van der Waals surface area contributed by atoms with Gasteiger partial charge in [-0.2, -0.15) is 0 Å². The van der Waals surface area contributed by atoms with Gasteiger partial charge in [-0.15, -0.1) is 12.4 Å². The van der Waals surface area contributed by atoms with Gasteiger partial charge in [-0.1, -0.05) is 0 Å². The predicted octanol–water partition coefficient (Wildman–Crippen LogP) is -0.343. The molecular weight excluding hydrogens is 284 g/mol. The molecule has 0 aliphatic carbocycles. The number of halogens is 3. The maximum atomic E-state index is 12.7. The summed E-state index contributed by atoms with van der Waals surface area (Å²) in [4.78, 5) is 34.6. The Morgan fingerprint density at radius 1 is 1.32 bits per heavy atom. The number of nitrogens with one attached hydrogen (secondary N) is 1. The molecule has 3 amide bonds. The van der Waals surface area contributed by atoms with Crippen LogP contribution in [0.3, 0.4) is 0 Å². The van der Waals surface area contributed by atoms with E-state index in [1.54, 1.807) is 0 Å². The molecular formula is C10H16ClF2N3O3. The summed E-state index contributed by atoms with van der Waals surface area (Å²) >= 11 is 0. The molecule has 1 saturated heterocycles. The summed E-state index contributed by atoms with van der Waals surface area (Å²) < 4.78 is 25.4. The number of amides is 3. The number of hydrogen-bond donors (Lipinski definition) is 2. The Balaban J connectivity index is 0.00000324. The number of carbonyl (C=O) groups is 3. The second kappa shape index (κ2) is 7.34. The maximum Gasteiger partial charge on any atom is 0.277 e. The summed E-state index contributed by atoms with van der Waals surface area (Å²) in [5.74, 6) is -4.45. The molecule has 0 spiro atoms. The van der Waals surface area contributed by atoms with E-state index in [0.29, 0.717) is 0 Å². The molecule has 1 rings (SSSR count). The largest absolute Gasteiger partial charge is 0.350 e. The Labute approximate surface area is 115 Å². The fraction of sp³-hybridized carbons (Fsp3) is 0.700. The van der Waals surface area contributed by atoms with Crippen molar-refractivity contribution < 1.29 is 23.2 Å². The summed E-state index contributed by atoms with van der Waals surface area (Å²) in [7, 11) is 0. The fourth-order valence-electron chi connectivity index (χ4n) is 1.47. The lowest BCUT2D eigenvalue weighted by Gasteiger charge is -2.16. The average Bonchev–Trinajstić information content (AvgIpc) is 2.64. The van der Waals surface area contributed by atoms with Crippen LogP contribution in [0.5, 0.6) is 0 Å². The van der Waals surface area contributed by atoms with Crippen molar-refractivity contribution in [2.24, 2.45) is 5.73 Å². The molecule has 0 unspecified atom stereocenters. The number of likely N-dealkylation sites (tertiary alicyclic amines) is 1. The van der Waals surface area contributed by atoms with Gasteiger partial charge in [0.1, 0.15) is 0 Å². The van der Waals surface area contributed by atoms with E-state index in [4.69, 9.17) is 5.73 Å². The summed E-state index contributed by atoms with van der Waals surface area (Å²) in [6.07, 6.45) is 0.107. The smallest absolute Gasteiger partial charge is 0.277 e. The van der Waals surface area contributed by atoms with Crippen molar-refractivity contribution in [2.75, 3.05) is 19.6 Å². The molecule has 19 heavy (non-hydrogen) atoms. The van der Waals surface area contributed by atoms with Gasteiger partial charge in [-0.05, 0) is 0 Å². The van der Waals surface area contributed by atoms with Gasteiger partial charge in [0.2, 0.25) is 17.7 Å². The lowest BCUT2D eigenvalue weighted by Crippen LogP contribution is -2.42. The van der Waals surface area contributed by atoms with Crippen LogP contribution in [0.2, 0.25) is 0 Å². The Bertz CT molecular complexity index is 350. The van der Waals surface area contributed by atoms with Crippen LogP contribution >= 0.6 is 12.4 Å². The minimum absolute atomic E-state index is 0. The Morgan fingerprint density at radius 2 is 1.84 bits per heavy atom. The quantitative estimate of drug-likeness (QED) is 0.656. The number of alkyl halides is 2. The van der Waals surface area contributed by atoms with Crippen molar-refractivity contribution in [3.05, 3.63) is 0 Å². The number of nitrogens with zero attached hydrogens (tertiary/aromatic N) is 1. The predicted molar refractivity (Wildman–Crippen MR) is 64.8 cm³/mol. The van der Waals surface area contributed by atoms with Gasteiger partial charge in [0.15, 0.2) is 0 Å². The number of hydrogen-bond acceptors (Lipinski definition) is 4. The molecule has 0 bridgehead atoms. The van der Waals surface area contributed by atoms with E-state index in [1.807, 2.05) is 5.32 Å². The van der Waals surface area contributed by atoms with E-state index in [1.165, 1.54) is 0 Å². The van der Waals surface area contributed by atoms with Crippen LogP contribution in [-0.2, 0) is 14.4 Å². The third-order valence-corrected chi connectivity index (χ3v) is 2.56. The van der Waals surface area contributed by atoms with Crippen molar-refractivity contribution in [2.45, 2.75) is 25.2 Å². The molecule has 0 atom stereocenters. The zero-order valence-electron chi connectivity index (χ0n) is 10.2. The van der Waals surface area contributed by atoms with E-state index in [2.05, 4.69) is 0 Å². The van der Waals surface area contributed by atoms with Crippen molar-refractivity contribution >= 4 is 30.1 Å². The first-order valence-electron chi connectivity index (χ1n) is 5.53. The number of carbonyl (C=O) groups excluding carboxylic acids is 3. The Hall–Kier alpha value is -1.28. The molecule has 6 nitrogen and oxygen atoms in total. The van der Waals surface area contributed by atoms with Crippen LogP contribution in [0.15, 0.2) is 0 Å². The highest BCUT2D eigenvalue weighted by molar-refractivity contribution is 6.02. The topological polar surface area (TPSA) is 92.5 Å². The molecule has 3 N–H and O–H groups in total. The second-order valence-corrected chi connectivity index (χ2v) is 4.03. The molecule has 1 aliphatic heterocycles. The SMILES string of the molecule is Cl.NCC(F)(F)CNC(=O)CCN1C(=O)CCC1=O. The number of nitrogens with two attached hydrogens (primary N) is 1. The minimum Gasteiger partial charge on any atom is -0.350 e. The van der Waals surface area contributed by atoms with Gasteiger partial charge in [0.05, 0.1) is 13.1 Å². The lowest BCUT2D eigenvalue weighted by molar-refractivity contribution is -0.138. The normalized spacial score (nSPS) is 15.4. The first-order chi connectivity index (χ1) is 8.35. The molecule has 0 aromatic rings. The Morgan fingerprint density at radius 3 is 2.32 bits per heavy atom. The summed E-state index contributed by atoms with van der Waals surface area (Å²) in [6, 6.07) is 0. The molecule has 1 aliphatic rings. The van der Waals surface area contributed by atoms with Crippen LogP contribution in [0.1, 0.15) is 19.3 Å². The third-order valence-electron chi connectivity index (χ3n) is 2.56. The van der Waals surface area contributed by atoms with Crippen LogP contribution in [-0.4, -0.2) is 48.2 Å². The number of rotatable bonds is 6. The van der Waals surface area contributed by atoms with Gasteiger partial charge in [-0.3, -0.25) is 19.3 Å². The van der Waals surface area contributed by atoms with Crippen molar-refractivity contribution in [1.82, 2.24) is 10.2 Å². The molecule has 0 aromatic heterocycles. The van der Waals surface area contributed by atoms with Gasteiger partial charge in [0, 0.05) is 25.8 Å². The van der Waals surface area contributed by atoms with Gasteiger partial charge < -0.3 is 11.1 Å². The van der Waals surface area contributed by atoms with Crippen LogP contribution < -0.4 is 11.1 Å². The zero-order chi connectivity index (χ0) is 13.8. The van der Waals surface area contributed by atoms with Crippen LogP contribution in [0.25, 0.3) is 0 Å². The first-order valence-corrected chi connectivity index (χ1v) is 5.53. The molecule has 1 fully saturated rings. The van der Waals surface area contributed by atoms with Gasteiger partial charge in [0.25, 0.3) is 5.92 Å². The van der Waals surface area contributed by atoms with Crippen LogP contribution in [0.4, 0.5) is 8.78 Å². The first kappa shape index (κ1) is 17.7. The van der Waals surface area contributed by atoms with E-state index in [9.17, 15) is 23.2 Å². The molecule has 110 valence electrons. The minimum atomic E-state index is -3.14. The summed E-state index contributed by atoms with van der Waals surface area (Å²) in [5.41, 5.74) is 4.80. The molecule has 0 aromatic carbocycles. The van der Waals surface area contributed by atoms with Crippen molar-refractivity contribution in [1.29, 1.82) is 0 Å². The highest BCUT2D eigenvalue weighted by Crippen LogP contribution is 2.12. The van der Waals surface area contributed by atoms with Crippen molar-refractivity contribution in [3.8, 4) is 0 Å². The highest BCUT2D eigenvalue weighted by atomic mass is 35.5. The highest BCUT2D eigenvalue weighted by Gasteiger charge is 2.30. The lowest BCUT2D eigenvalue weighted by atomic mass is 10.3. The maximum absolute atomic E-state index is 12.7. The Kier molecular flexibility index (Phi) is 6.85. The second-order valence-electron chi connectivity index (χ2n) is 4.03. The zero-order valence-corrected chi connectivity index (χ0v) is 11.0. The summed E-state index contributed by atoms with van der Waals surface area (Å²) in [6.45, 7) is -1.77. The number of imide groups is 1. The summed E-state index contributed by atoms with van der Waals surface area (Å²) in [5, 5.41) is 2.01. The van der Waals surface area contributed by atoms with E-state index >= 15 is 0 Å². The molecule has 9 heteroatoms. The van der Waals surface area contributed by atoms with Gasteiger partial charge >= 0.3 is 0 Å². The van der Waals surface area contributed by atoms with E-state index in [0.717, 1.165) is 4.90 Å². The molecule has 0 saturated carbocycles. The van der Waals surface area contributed by atoms with E-state index < -0.39 is 24.9 Å². The standard InChI is InChI=1S/C10H15F2N3O3.ClH/c11-10(12,5-13)6-14-7(16)3-4-15-8(17)1-2-9(15)18;/h1-6,13H2,(H,14,16);1H. The van der Waals surface area contributed by atoms with Gasteiger partial charge in [-0.25, -0.2) is 8.78 Å². The van der Waals surface area contributed by atoms with Crippen LogP contribution in [0, 0.1) is 0 Å². The fourth-order valence-corrected chi connectivity index (χ4v) is 1.47. The average molecular weight is 300 g/mol. The molecule has 0 radical (unpaired) electrons. The third kappa shape index (κ3) is 5.48. The monoisotopic (exact) mass is 299 g/mol. The van der Waals surface area contributed by atoms with E-state index in [-0.39, 0.29) is 50.0 Å².